The van der Waals surface area contributed by atoms with Crippen LogP contribution in [0.4, 0.5) is 0 Å². The summed E-state index contributed by atoms with van der Waals surface area (Å²) in [6, 6.07) is 12.1. The summed E-state index contributed by atoms with van der Waals surface area (Å²) in [7, 11) is 0. The van der Waals surface area contributed by atoms with E-state index in [1.165, 1.54) is 5.56 Å². The highest BCUT2D eigenvalue weighted by molar-refractivity contribution is 5.19. The molecular weight excluding hydrogens is 248 g/mol. The van der Waals surface area contributed by atoms with Crippen LogP contribution in [-0.4, -0.2) is 31.8 Å². The predicted octanol–water partition coefficient (Wildman–Crippen LogP) is 2.74. The van der Waals surface area contributed by atoms with Crippen molar-refractivity contribution in [2.24, 2.45) is 5.92 Å². The molecule has 0 saturated carbocycles. The first-order chi connectivity index (χ1) is 9.66. The van der Waals surface area contributed by atoms with Crippen LogP contribution in [0.5, 0.6) is 0 Å². The first kappa shape index (κ1) is 15.5. The number of rotatable bonds is 6. The average Bonchev–Trinajstić information content (AvgIpc) is 2.46. The van der Waals surface area contributed by atoms with Gasteiger partial charge in [0.05, 0.1) is 13.2 Å². The van der Waals surface area contributed by atoms with Crippen LogP contribution in [0.2, 0.25) is 0 Å². The molecule has 112 valence electrons. The fourth-order valence-electron chi connectivity index (χ4n) is 2.91. The molecule has 2 N–H and O–H groups in total. The van der Waals surface area contributed by atoms with E-state index in [2.05, 4.69) is 61.7 Å². The average molecular weight is 276 g/mol. The summed E-state index contributed by atoms with van der Waals surface area (Å²) < 4.78 is 5.53. The summed E-state index contributed by atoms with van der Waals surface area (Å²) in [6.45, 7) is 9.48. The molecule has 0 spiro atoms. The monoisotopic (exact) mass is 276 g/mol. The number of hydrogen-bond acceptors (Lipinski definition) is 3. The van der Waals surface area contributed by atoms with Gasteiger partial charge in [0, 0.05) is 24.7 Å². The van der Waals surface area contributed by atoms with E-state index in [-0.39, 0.29) is 0 Å². The van der Waals surface area contributed by atoms with Gasteiger partial charge in [0.15, 0.2) is 0 Å². The van der Waals surface area contributed by atoms with Crippen molar-refractivity contribution >= 4 is 0 Å². The lowest BCUT2D eigenvalue weighted by atomic mass is 9.94. The molecule has 2 rings (SSSR count). The lowest BCUT2D eigenvalue weighted by Crippen LogP contribution is -2.45. The van der Waals surface area contributed by atoms with Crippen molar-refractivity contribution in [3.8, 4) is 0 Å². The fourth-order valence-corrected chi connectivity index (χ4v) is 2.91. The topological polar surface area (TPSA) is 33.3 Å². The largest absolute Gasteiger partial charge is 0.379 e. The Morgan fingerprint density at radius 2 is 2.00 bits per heavy atom. The fraction of sp³-hybridized carbons (Fsp3) is 0.647. The van der Waals surface area contributed by atoms with E-state index in [9.17, 15) is 0 Å². The van der Waals surface area contributed by atoms with Gasteiger partial charge in [-0.05, 0) is 24.8 Å². The summed E-state index contributed by atoms with van der Waals surface area (Å²) in [4.78, 5) is 0. The van der Waals surface area contributed by atoms with Crippen LogP contribution in [-0.2, 0) is 4.74 Å². The van der Waals surface area contributed by atoms with E-state index in [0.717, 1.165) is 26.2 Å². The maximum absolute atomic E-state index is 5.53. The first-order valence-corrected chi connectivity index (χ1v) is 7.79. The molecule has 1 saturated heterocycles. The molecule has 20 heavy (non-hydrogen) atoms. The summed E-state index contributed by atoms with van der Waals surface area (Å²) in [5.74, 6) is 0.579. The quantitative estimate of drug-likeness (QED) is 0.838. The molecular formula is C17H28N2O. The molecule has 3 atom stereocenters. The number of morpholine rings is 1. The van der Waals surface area contributed by atoms with Gasteiger partial charge in [-0.2, -0.15) is 0 Å². The Morgan fingerprint density at radius 3 is 2.60 bits per heavy atom. The molecule has 1 aromatic rings. The third-order valence-electron chi connectivity index (χ3n) is 3.93. The molecule has 3 unspecified atom stereocenters. The van der Waals surface area contributed by atoms with E-state index in [1.54, 1.807) is 0 Å². The highest BCUT2D eigenvalue weighted by Crippen LogP contribution is 2.22. The second-order valence-corrected chi connectivity index (χ2v) is 6.16. The van der Waals surface area contributed by atoms with Crippen LogP contribution in [0.3, 0.4) is 0 Å². The van der Waals surface area contributed by atoms with Gasteiger partial charge in [0.2, 0.25) is 0 Å². The minimum Gasteiger partial charge on any atom is -0.379 e. The number of nitrogens with one attached hydrogen (secondary N) is 2. The van der Waals surface area contributed by atoms with Crippen LogP contribution < -0.4 is 10.6 Å². The SMILES string of the molecule is CC(CC1COCCN1)NC(c1ccccc1)C(C)C. The highest BCUT2D eigenvalue weighted by atomic mass is 16.5. The Balaban J connectivity index is 1.90. The van der Waals surface area contributed by atoms with E-state index in [4.69, 9.17) is 4.74 Å². The minimum absolute atomic E-state index is 0.413. The van der Waals surface area contributed by atoms with Crippen LogP contribution in [0, 0.1) is 5.92 Å². The maximum atomic E-state index is 5.53. The Bertz CT molecular complexity index is 374. The first-order valence-electron chi connectivity index (χ1n) is 7.79. The van der Waals surface area contributed by atoms with Crippen molar-refractivity contribution in [1.82, 2.24) is 10.6 Å². The van der Waals surface area contributed by atoms with Crippen LogP contribution in [0.15, 0.2) is 30.3 Å². The van der Waals surface area contributed by atoms with Crippen LogP contribution >= 0.6 is 0 Å². The second-order valence-electron chi connectivity index (χ2n) is 6.16. The van der Waals surface area contributed by atoms with Crippen molar-refractivity contribution in [2.75, 3.05) is 19.8 Å². The molecule has 0 aliphatic carbocycles. The molecule has 1 aliphatic rings. The third-order valence-corrected chi connectivity index (χ3v) is 3.93. The lowest BCUT2D eigenvalue weighted by Gasteiger charge is -2.31. The molecule has 0 bridgehead atoms. The van der Waals surface area contributed by atoms with E-state index in [1.807, 2.05) is 0 Å². The molecule has 3 nitrogen and oxygen atoms in total. The van der Waals surface area contributed by atoms with Gasteiger partial charge in [-0.3, -0.25) is 0 Å². The molecule has 0 aromatic heterocycles. The van der Waals surface area contributed by atoms with Crippen molar-refractivity contribution in [1.29, 1.82) is 0 Å². The van der Waals surface area contributed by atoms with E-state index in [0.29, 0.717) is 24.0 Å². The van der Waals surface area contributed by atoms with Crippen molar-refractivity contribution in [3.63, 3.8) is 0 Å². The smallest absolute Gasteiger partial charge is 0.0620 e. The Hall–Kier alpha value is -0.900. The Kier molecular flexibility index (Phi) is 6.02. The third kappa shape index (κ3) is 4.58. The molecule has 3 heteroatoms. The van der Waals surface area contributed by atoms with Crippen molar-refractivity contribution < 1.29 is 4.74 Å². The van der Waals surface area contributed by atoms with Gasteiger partial charge < -0.3 is 15.4 Å². The Labute approximate surface area is 123 Å². The van der Waals surface area contributed by atoms with Gasteiger partial charge in [0.1, 0.15) is 0 Å². The summed E-state index contributed by atoms with van der Waals surface area (Å²) >= 11 is 0. The summed E-state index contributed by atoms with van der Waals surface area (Å²) in [6.07, 6.45) is 1.11. The summed E-state index contributed by atoms with van der Waals surface area (Å²) in [5, 5.41) is 7.31. The van der Waals surface area contributed by atoms with Gasteiger partial charge in [0.25, 0.3) is 0 Å². The van der Waals surface area contributed by atoms with Gasteiger partial charge in [-0.25, -0.2) is 0 Å². The molecule has 1 fully saturated rings. The molecule has 0 amide bonds. The number of benzene rings is 1. The lowest BCUT2D eigenvalue weighted by molar-refractivity contribution is 0.0704. The van der Waals surface area contributed by atoms with Crippen LogP contribution in [0.25, 0.3) is 0 Å². The minimum atomic E-state index is 0.413. The van der Waals surface area contributed by atoms with Crippen LogP contribution in [0.1, 0.15) is 38.8 Å². The normalized spacial score (nSPS) is 22.7. The number of hydrogen-bond donors (Lipinski definition) is 2. The molecule has 1 aromatic carbocycles. The van der Waals surface area contributed by atoms with Crippen molar-refractivity contribution in [2.45, 2.75) is 45.3 Å². The zero-order valence-corrected chi connectivity index (χ0v) is 12.9. The predicted molar refractivity (Wildman–Crippen MR) is 83.8 cm³/mol. The standard InChI is InChI=1S/C17H28N2O/c1-13(2)17(15-7-5-4-6-8-15)19-14(3)11-16-12-20-10-9-18-16/h4-8,13-14,16-19H,9-12H2,1-3H3. The molecule has 1 aliphatic heterocycles. The van der Waals surface area contributed by atoms with Gasteiger partial charge >= 0.3 is 0 Å². The Morgan fingerprint density at radius 1 is 1.25 bits per heavy atom. The van der Waals surface area contributed by atoms with Crippen molar-refractivity contribution in [3.05, 3.63) is 35.9 Å². The second kappa shape index (κ2) is 7.77. The maximum Gasteiger partial charge on any atom is 0.0620 e. The van der Waals surface area contributed by atoms with E-state index < -0.39 is 0 Å². The van der Waals surface area contributed by atoms with E-state index >= 15 is 0 Å². The highest BCUT2D eigenvalue weighted by Gasteiger charge is 2.21. The zero-order valence-electron chi connectivity index (χ0n) is 12.9. The number of ether oxygens (including phenoxy) is 1. The van der Waals surface area contributed by atoms with Gasteiger partial charge in [-0.1, -0.05) is 44.2 Å². The molecule has 1 heterocycles. The molecule has 0 radical (unpaired) electrons. The van der Waals surface area contributed by atoms with Gasteiger partial charge in [-0.15, -0.1) is 0 Å². The summed E-state index contributed by atoms with van der Waals surface area (Å²) in [5.41, 5.74) is 1.38. The zero-order chi connectivity index (χ0) is 14.4.